The van der Waals surface area contributed by atoms with Crippen molar-refractivity contribution < 1.29 is 13.9 Å². The monoisotopic (exact) mass is 413 g/mol. The lowest BCUT2D eigenvalue weighted by molar-refractivity contribution is -0.131. The number of carbonyl (C=O) groups excluding carboxylic acids is 1. The maximum atomic E-state index is 12.4. The fourth-order valence-corrected chi connectivity index (χ4v) is 4.07. The van der Waals surface area contributed by atoms with Crippen molar-refractivity contribution in [2.45, 2.75) is 63.8 Å². The maximum Gasteiger partial charge on any atom is 0.240 e. The molecule has 1 saturated carbocycles. The van der Waals surface area contributed by atoms with Crippen molar-refractivity contribution in [2.75, 3.05) is 26.3 Å². The summed E-state index contributed by atoms with van der Waals surface area (Å²) in [6.07, 6.45) is 12.2. The van der Waals surface area contributed by atoms with Crippen LogP contribution in [0.5, 0.6) is 0 Å². The standard InChI is InChI=1S/C16H30N2O2.C5H3ClFN/c1-2-17-15(19)16(9-12-20-13-10-16)18-11-8-14-6-4-3-5-7-14;6-4-1-5(7)3-8-2-4/h14,18H,2-13H2,1H3,(H,17,19);1-3H. The number of aromatic nitrogens is 1. The minimum Gasteiger partial charge on any atom is -0.381 e. The summed E-state index contributed by atoms with van der Waals surface area (Å²) in [6.45, 7) is 5.02. The third-order valence-electron chi connectivity index (χ3n) is 5.53. The molecule has 1 saturated heterocycles. The molecule has 1 amide bonds. The van der Waals surface area contributed by atoms with E-state index in [-0.39, 0.29) is 11.4 Å². The predicted octanol–water partition coefficient (Wildman–Crippen LogP) is 4.11. The molecule has 1 aliphatic heterocycles. The van der Waals surface area contributed by atoms with Crippen molar-refractivity contribution in [3.8, 4) is 0 Å². The minimum absolute atomic E-state index is 0.159. The molecule has 0 unspecified atom stereocenters. The second-order valence-electron chi connectivity index (χ2n) is 7.59. The summed E-state index contributed by atoms with van der Waals surface area (Å²) in [4.78, 5) is 15.8. The van der Waals surface area contributed by atoms with E-state index in [2.05, 4.69) is 15.6 Å². The van der Waals surface area contributed by atoms with Crippen LogP contribution in [0.1, 0.15) is 58.3 Å². The summed E-state index contributed by atoms with van der Waals surface area (Å²) in [5.41, 5.74) is -0.386. The first-order valence-corrected chi connectivity index (χ1v) is 10.8. The molecule has 2 aliphatic rings. The molecule has 2 fully saturated rings. The minimum atomic E-state index is -0.405. The Kier molecular flexibility index (Phi) is 10.2. The van der Waals surface area contributed by atoms with E-state index in [0.717, 1.165) is 31.5 Å². The third-order valence-corrected chi connectivity index (χ3v) is 5.74. The van der Waals surface area contributed by atoms with Gasteiger partial charge in [0.2, 0.25) is 5.91 Å². The highest BCUT2D eigenvalue weighted by atomic mass is 35.5. The summed E-state index contributed by atoms with van der Waals surface area (Å²) >= 11 is 5.34. The van der Waals surface area contributed by atoms with Crippen LogP contribution in [0.25, 0.3) is 0 Å². The normalized spacial score (nSPS) is 19.4. The van der Waals surface area contributed by atoms with Gasteiger partial charge < -0.3 is 15.4 Å². The van der Waals surface area contributed by atoms with Crippen LogP contribution in [0.4, 0.5) is 4.39 Å². The summed E-state index contributed by atoms with van der Waals surface area (Å²) < 4.78 is 17.4. The zero-order valence-corrected chi connectivity index (χ0v) is 17.6. The first-order valence-electron chi connectivity index (χ1n) is 10.4. The van der Waals surface area contributed by atoms with E-state index < -0.39 is 5.82 Å². The lowest BCUT2D eigenvalue weighted by Gasteiger charge is -2.37. The zero-order valence-electron chi connectivity index (χ0n) is 16.8. The van der Waals surface area contributed by atoms with Gasteiger partial charge in [0.15, 0.2) is 0 Å². The molecule has 2 N–H and O–H groups in total. The lowest BCUT2D eigenvalue weighted by Crippen LogP contribution is -2.60. The molecule has 0 atom stereocenters. The maximum absolute atomic E-state index is 12.4. The number of likely N-dealkylation sites (N-methyl/N-ethyl adjacent to an activating group) is 1. The molecule has 0 bridgehead atoms. The SMILES string of the molecule is CCNC(=O)C1(NCCC2CCCCC2)CCOCC1.Fc1cncc(Cl)c1. The Morgan fingerprint density at radius 2 is 2.00 bits per heavy atom. The van der Waals surface area contributed by atoms with E-state index in [1.54, 1.807) is 0 Å². The summed E-state index contributed by atoms with van der Waals surface area (Å²) in [5.74, 6) is 0.617. The van der Waals surface area contributed by atoms with Gasteiger partial charge >= 0.3 is 0 Å². The molecular formula is C21H33ClFN3O2. The fourth-order valence-electron chi connectivity index (χ4n) is 3.91. The van der Waals surface area contributed by atoms with Gasteiger partial charge in [0.05, 0.1) is 11.2 Å². The van der Waals surface area contributed by atoms with E-state index in [1.807, 2.05) is 6.92 Å². The second kappa shape index (κ2) is 12.3. The van der Waals surface area contributed by atoms with Crippen molar-refractivity contribution >= 4 is 17.5 Å². The van der Waals surface area contributed by atoms with Crippen molar-refractivity contribution in [3.05, 3.63) is 29.3 Å². The molecule has 1 aromatic heterocycles. The van der Waals surface area contributed by atoms with Gasteiger partial charge in [0, 0.05) is 26.0 Å². The molecule has 0 spiro atoms. The van der Waals surface area contributed by atoms with Crippen LogP contribution in [0.3, 0.4) is 0 Å². The molecular weight excluding hydrogens is 381 g/mol. The smallest absolute Gasteiger partial charge is 0.240 e. The number of nitrogens with one attached hydrogen (secondary N) is 2. The fraction of sp³-hybridized carbons (Fsp3) is 0.714. The van der Waals surface area contributed by atoms with Crippen LogP contribution in [-0.2, 0) is 9.53 Å². The van der Waals surface area contributed by atoms with Crippen LogP contribution in [0.2, 0.25) is 5.02 Å². The first-order chi connectivity index (χ1) is 13.6. The number of amides is 1. The van der Waals surface area contributed by atoms with E-state index in [0.29, 0.717) is 24.8 Å². The van der Waals surface area contributed by atoms with E-state index >= 15 is 0 Å². The number of halogens is 2. The summed E-state index contributed by atoms with van der Waals surface area (Å²) in [5, 5.41) is 6.89. The largest absolute Gasteiger partial charge is 0.381 e. The van der Waals surface area contributed by atoms with Crippen LogP contribution in [0.15, 0.2) is 18.5 Å². The molecule has 7 heteroatoms. The summed E-state index contributed by atoms with van der Waals surface area (Å²) in [6, 6.07) is 1.20. The van der Waals surface area contributed by atoms with E-state index in [4.69, 9.17) is 16.3 Å². The van der Waals surface area contributed by atoms with Crippen LogP contribution in [-0.4, -0.2) is 42.7 Å². The van der Waals surface area contributed by atoms with Gasteiger partial charge in [-0.2, -0.15) is 0 Å². The quantitative estimate of drug-likeness (QED) is 0.736. The number of pyridine rings is 1. The average molecular weight is 414 g/mol. The van der Waals surface area contributed by atoms with Gasteiger partial charge in [-0.3, -0.25) is 9.78 Å². The highest BCUT2D eigenvalue weighted by Crippen LogP contribution is 2.27. The molecule has 0 radical (unpaired) electrons. The third kappa shape index (κ3) is 7.64. The number of ether oxygens (including phenoxy) is 1. The number of nitrogens with zero attached hydrogens (tertiary/aromatic N) is 1. The van der Waals surface area contributed by atoms with Crippen LogP contribution in [0, 0.1) is 11.7 Å². The van der Waals surface area contributed by atoms with Crippen molar-refractivity contribution in [2.24, 2.45) is 5.92 Å². The zero-order chi connectivity index (χ0) is 20.2. The molecule has 1 aromatic rings. The van der Waals surface area contributed by atoms with Gasteiger partial charge in [-0.1, -0.05) is 43.7 Å². The van der Waals surface area contributed by atoms with Crippen molar-refractivity contribution in [1.82, 2.24) is 15.6 Å². The Labute approximate surface area is 172 Å². The second-order valence-corrected chi connectivity index (χ2v) is 8.03. The van der Waals surface area contributed by atoms with E-state index in [9.17, 15) is 9.18 Å². The average Bonchev–Trinajstić information content (AvgIpc) is 2.70. The molecule has 2 heterocycles. The molecule has 1 aliphatic carbocycles. The van der Waals surface area contributed by atoms with Crippen molar-refractivity contribution in [1.29, 1.82) is 0 Å². The molecule has 28 heavy (non-hydrogen) atoms. The number of hydrogen-bond acceptors (Lipinski definition) is 4. The topological polar surface area (TPSA) is 63.2 Å². The Hall–Kier alpha value is -1.24. The molecule has 158 valence electrons. The van der Waals surface area contributed by atoms with Gasteiger partial charge in [-0.25, -0.2) is 4.39 Å². The van der Waals surface area contributed by atoms with Gasteiger partial charge in [-0.05, 0) is 44.7 Å². The van der Waals surface area contributed by atoms with Crippen LogP contribution >= 0.6 is 11.6 Å². The number of hydrogen-bond donors (Lipinski definition) is 2. The van der Waals surface area contributed by atoms with Gasteiger partial charge in [0.25, 0.3) is 0 Å². The highest BCUT2D eigenvalue weighted by Gasteiger charge is 2.39. The molecule has 0 aromatic carbocycles. The Balaban J connectivity index is 0.000000292. The number of carbonyl (C=O) groups is 1. The number of rotatable bonds is 6. The Morgan fingerprint density at radius 3 is 2.57 bits per heavy atom. The Bertz CT molecular complexity index is 574. The van der Waals surface area contributed by atoms with Crippen LogP contribution < -0.4 is 10.6 Å². The highest BCUT2D eigenvalue weighted by molar-refractivity contribution is 6.30. The summed E-state index contributed by atoms with van der Waals surface area (Å²) in [7, 11) is 0. The first kappa shape index (κ1) is 23.0. The van der Waals surface area contributed by atoms with Gasteiger partial charge in [0.1, 0.15) is 11.4 Å². The molecule has 5 nitrogen and oxygen atoms in total. The lowest BCUT2D eigenvalue weighted by atomic mass is 9.85. The van der Waals surface area contributed by atoms with E-state index in [1.165, 1.54) is 50.8 Å². The predicted molar refractivity (Wildman–Crippen MR) is 110 cm³/mol. The molecule has 3 rings (SSSR count). The Morgan fingerprint density at radius 1 is 1.29 bits per heavy atom. The van der Waals surface area contributed by atoms with Gasteiger partial charge in [-0.15, -0.1) is 0 Å². The van der Waals surface area contributed by atoms with Crippen molar-refractivity contribution in [3.63, 3.8) is 0 Å².